The first-order chi connectivity index (χ1) is 10.2. The van der Waals surface area contributed by atoms with Crippen LogP contribution in [0.1, 0.15) is 12.1 Å². The van der Waals surface area contributed by atoms with E-state index in [9.17, 15) is 4.79 Å². The van der Waals surface area contributed by atoms with Crippen molar-refractivity contribution in [2.45, 2.75) is 17.7 Å². The number of hydrogen-bond acceptors (Lipinski definition) is 5. The highest BCUT2D eigenvalue weighted by molar-refractivity contribution is 7.99. The van der Waals surface area contributed by atoms with Crippen molar-refractivity contribution < 1.29 is 0 Å². The lowest BCUT2D eigenvalue weighted by Gasteiger charge is -2.16. The summed E-state index contributed by atoms with van der Waals surface area (Å²) in [5, 5.41) is 3.03. The number of nitrogens with one attached hydrogen (secondary N) is 1. The van der Waals surface area contributed by atoms with E-state index < -0.39 is 0 Å². The van der Waals surface area contributed by atoms with Gasteiger partial charge < -0.3 is 4.90 Å². The second kappa shape index (κ2) is 5.77. The average Bonchev–Trinajstić information content (AvgIpc) is 2.91. The minimum Gasteiger partial charge on any atom is -0.334 e. The Kier molecular flexibility index (Phi) is 3.83. The predicted octanol–water partition coefficient (Wildman–Crippen LogP) is 1.63. The zero-order valence-corrected chi connectivity index (χ0v) is 12.5. The fraction of sp³-hybridized carbons (Fsp3) is 0.357. The Labute approximate surface area is 126 Å². The quantitative estimate of drug-likeness (QED) is 0.851. The summed E-state index contributed by atoms with van der Waals surface area (Å²) in [5.41, 5.74) is 0.809. The Hall–Kier alpha value is -2.02. The lowest BCUT2D eigenvalue weighted by Crippen LogP contribution is -2.25. The van der Waals surface area contributed by atoms with Crippen molar-refractivity contribution in [2.24, 2.45) is 0 Å². The number of fused-ring (bicyclic) bond motifs is 2. The third-order valence-corrected chi connectivity index (χ3v) is 4.51. The molecule has 2 aromatic heterocycles. The van der Waals surface area contributed by atoms with Crippen molar-refractivity contribution in [3.8, 4) is 0 Å². The largest absolute Gasteiger partial charge is 0.334 e. The van der Waals surface area contributed by atoms with E-state index in [1.807, 2.05) is 4.90 Å². The number of nitrogens with zero attached hydrogens (tertiary/aromatic N) is 4. The monoisotopic (exact) mass is 303 g/mol. The molecule has 0 atom stereocenters. The van der Waals surface area contributed by atoms with Crippen LogP contribution in [0.3, 0.4) is 0 Å². The van der Waals surface area contributed by atoms with Crippen LogP contribution < -0.4 is 10.5 Å². The second-order valence-corrected chi connectivity index (χ2v) is 5.91. The van der Waals surface area contributed by atoms with E-state index in [2.05, 4.69) is 28.2 Å². The number of H-pyrrole nitrogens is 1. The molecule has 1 aliphatic rings. The van der Waals surface area contributed by atoms with E-state index >= 15 is 0 Å². The van der Waals surface area contributed by atoms with Crippen LogP contribution >= 0.6 is 11.8 Å². The van der Waals surface area contributed by atoms with Gasteiger partial charge in [0.25, 0.3) is 11.3 Å². The van der Waals surface area contributed by atoms with Gasteiger partial charge in [0.2, 0.25) is 5.95 Å². The van der Waals surface area contributed by atoms with Crippen LogP contribution in [0.15, 0.2) is 35.0 Å². The summed E-state index contributed by atoms with van der Waals surface area (Å²) in [6.07, 6.45) is 5.47. The lowest BCUT2D eigenvalue weighted by molar-refractivity contribution is 0.778. The minimum atomic E-state index is -0.0596. The summed E-state index contributed by atoms with van der Waals surface area (Å²) in [4.78, 5) is 24.1. The molecule has 0 fully saturated rings. The van der Waals surface area contributed by atoms with Crippen LogP contribution in [-0.4, -0.2) is 38.4 Å². The number of aromatic nitrogens is 4. The van der Waals surface area contributed by atoms with Crippen molar-refractivity contribution in [3.05, 3.63) is 41.4 Å². The average molecular weight is 303 g/mol. The van der Waals surface area contributed by atoms with Gasteiger partial charge in [-0.1, -0.05) is 12.2 Å². The molecule has 2 aromatic rings. The van der Waals surface area contributed by atoms with Gasteiger partial charge in [-0.2, -0.15) is 9.50 Å². The standard InChI is InChI=1S/C14H17N5OS/c1-3-7-18(8-4-2)14-16-13-15-10-6-5-9-21-11(10)12(20)19(13)17-14/h3-4H,1-2,5-9H2,(H,15,16,17). The van der Waals surface area contributed by atoms with Crippen LogP contribution in [0.4, 0.5) is 5.95 Å². The van der Waals surface area contributed by atoms with E-state index in [-0.39, 0.29) is 5.56 Å². The molecule has 0 bridgehead atoms. The third kappa shape index (κ3) is 2.49. The number of aryl methyl sites for hydroxylation is 1. The molecule has 110 valence electrons. The van der Waals surface area contributed by atoms with E-state index in [1.54, 1.807) is 23.9 Å². The maximum atomic E-state index is 12.5. The Balaban J connectivity index is 2.11. The van der Waals surface area contributed by atoms with Crippen molar-refractivity contribution in [3.63, 3.8) is 0 Å². The number of anilines is 1. The number of thioether (sulfide) groups is 1. The highest BCUT2D eigenvalue weighted by atomic mass is 32.2. The molecular weight excluding hydrogens is 286 g/mol. The van der Waals surface area contributed by atoms with Crippen molar-refractivity contribution in [2.75, 3.05) is 23.7 Å². The van der Waals surface area contributed by atoms with Crippen molar-refractivity contribution in [1.29, 1.82) is 0 Å². The van der Waals surface area contributed by atoms with Crippen molar-refractivity contribution >= 4 is 23.5 Å². The number of aromatic amines is 1. The molecule has 0 saturated carbocycles. The first-order valence-corrected chi connectivity index (χ1v) is 7.84. The summed E-state index contributed by atoms with van der Waals surface area (Å²) >= 11 is 1.58. The highest BCUT2D eigenvalue weighted by Gasteiger charge is 2.20. The van der Waals surface area contributed by atoms with Gasteiger partial charge in [0.05, 0.1) is 10.6 Å². The number of hydrogen-bond donors (Lipinski definition) is 1. The molecule has 0 spiro atoms. The molecule has 7 heteroatoms. The van der Waals surface area contributed by atoms with E-state index in [4.69, 9.17) is 0 Å². The summed E-state index contributed by atoms with van der Waals surface area (Å²) < 4.78 is 1.42. The fourth-order valence-electron chi connectivity index (χ4n) is 2.36. The van der Waals surface area contributed by atoms with Gasteiger partial charge >= 0.3 is 0 Å². The predicted molar refractivity (Wildman–Crippen MR) is 85.3 cm³/mol. The molecule has 3 heterocycles. The molecule has 3 rings (SSSR count). The van der Waals surface area contributed by atoms with Gasteiger partial charge in [-0.3, -0.25) is 9.89 Å². The molecule has 6 nitrogen and oxygen atoms in total. The van der Waals surface area contributed by atoms with Crippen LogP contribution in [0.2, 0.25) is 0 Å². The normalized spacial score (nSPS) is 13.9. The second-order valence-electron chi connectivity index (χ2n) is 4.81. The maximum absolute atomic E-state index is 12.5. The Morgan fingerprint density at radius 2 is 2.10 bits per heavy atom. The zero-order valence-electron chi connectivity index (χ0n) is 11.7. The lowest BCUT2D eigenvalue weighted by atomic mass is 10.2. The third-order valence-electron chi connectivity index (χ3n) is 3.31. The fourth-order valence-corrected chi connectivity index (χ4v) is 3.38. The molecule has 0 aliphatic carbocycles. The van der Waals surface area contributed by atoms with Crippen LogP contribution in [0, 0.1) is 0 Å². The molecule has 0 amide bonds. The van der Waals surface area contributed by atoms with Gasteiger partial charge in [-0.15, -0.1) is 24.9 Å². The SMILES string of the molecule is C=CCN(CC=C)c1nc2nc3c(c(=O)n2[nH]1)SCCC3. The summed E-state index contributed by atoms with van der Waals surface area (Å²) in [5.74, 6) is 2.00. The molecule has 0 unspecified atom stereocenters. The molecule has 1 aliphatic heterocycles. The van der Waals surface area contributed by atoms with Crippen molar-refractivity contribution in [1.82, 2.24) is 19.6 Å². The Bertz CT molecular complexity index is 738. The smallest absolute Gasteiger partial charge is 0.287 e. The van der Waals surface area contributed by atoms with Gasteiger partial charge in [0.15, 0.2) is 0 Å². The van der Waals surface area contributed by atoms with Gasteiger partial charge in [-0.25, -0.2) is 4.98 Å². The van der Waals surface area contributed by atoms with E-state index in [1.165, 1.54) is 4.52 Å². The Morgan fingerprint density at radius 1 is 1.33 bits per heavy atom. The van der Waals surface area contributed by atoms with Crippen LogP contribution in [-0.2, 0) is 6.42 Å². The van der Waals surface area contributed by atoms with Gasteiger partial charge in [-0.05, 0) is 18.6 Å². The molecule has 1 N–H and O–H groups in total. The highest BCUT2D eigenvalue weighted by Crippen LogP contribution is 2.25. The first kappa shape index (κ1) is 13.9. The molecular formula is C14H17N5OS. The Morgan fingerprint density at radius 3 is 2.81 bits per heavy atom. The first-order valence-electron chi connectivity index (χ1n) is 6.85. The molecule has 0 saturated heterocycles. The maximum Gasteiger partial charge on any atom is 0.287 e. The summed E-state index contributed by atoms with van der Waals surface area (Å²) in [6.45, 7) is 8.72. The number of rotatable bonds is 5. The summed E-state index contributed by atoms with van der Waals surface area (Å²) in [6, 6.07) is 0. The topological polar surface area (TPSA) is 66.3 Å². The summed E-state index contributed by atoms with van der Waals surface area (Å²) in [7, 11) is 0. The van der Waals surface area contributed by atoms with Crippen LogP contribution in [0.25, 0.3) is 5.78 Å². The molecule has 21 heavy (non-hydrogen) atoms. The molecule has 0 radical (unpaired) electrons. The van der Waals surface area contributed by atoms with Gasteiger partial charge in [0.1, 0.15) is 0 Å². The van der Waals surface area contributed by atoms with Gasteiger partial charge in [0, 0.05) is 13.1 Å². The molecule has 0 aromatic carbocycles. The zero-order chi connectivity index (χ0) is 14.8. The van der Waals surface area contributed by atoms with E-state index in [0.717, 1.165) is 29.2 Å². The van der Waals surface area contributed by atoms with Crippen LogP contribution in [0.5, 0.6) is 0 Å². The van der Waals surface area contributed by atoms with E-state index in [0.29, 0.717) is 24.8 Å². The minimum absolute atomic E-state index is 0.0596.